The fourth-order valence-corrected chi connectivity index (χ4v) is 2.75. The lowest BCUT2D eigenvalue weighted by Gasteiger charge is -2.37. The zero-order chi connectivity index (χ0) is 16.4. The van der Waals surface area contributed by atoms with Crippen LogP contribution >= 0.6 is 0 Å². The highest BCUT2D eigenvalue weighted by Gasteiger charge is 2.35. The van der Waals surface area contributed by atoms with Gasteiger partial charge in [0.05, 0.1) is 5.92 Å². The van der Waals surface area contributed by atoms with E-state index in [0.29, 0.717) is 31.2 Å². The van der Waals surface area contributed by atoms with E-state index in [2.05, 4.69) is 15.2 Å². The normalized spacial score (nSPS) is 14.6. The molecule has 1 aliphatic rings. The minimum absolute atomic E-state index is 0.0546. The lowest BCUT2D eigenvalue weighted by Crippen LogP contribution is -2.49. The molecule has 1 aliphatic heterocycles. The highest BCUT2D eigenvalue weighted by atomic mass is 16.5. The Labute approximate surface area is 138 Å². The molecule has 1 fully saturated rings. The number of hydrogen-bond donors (Lipinski definition) is 0. The number of rotatable bonds is 5. The molecule has 0 spiro atoms. The van der Waals surface area contributed by atoms with Gasteiger partial charge < -0.3 is 9.42 Å². The van der Waals surface area contributed by atoms with Crippen LogP contribution in [0.2, 0.25) is 0 Å². The maximum atomic E-state index is 12.1. The van der Waals surface area contributed by atoms with E-state index in [1.165, 1.54) is 0 Å². The number of carbonyl (C=O) groups is 1. The van der Waals surface area contributed by atoms with Crippen molar-refractivity contribution in [2.75, 3.05) is 13.1 Å². The number of benzene rings is 1. The minimum Gasteiger partial charge on any atom is -0.339 e. The molecule has 3 aromatic rings. The maximum absolute atomic E-state index is 12.1. The van der Waals surface area contributed by atoms with Crippen LogP contribution in [0.4, 0.5) is 0 Å². The summed E-state index contributed by atoms with van der Waals surface area (Å²) in [6, 6.07) is 11.8. The quantitative estimate of drug-likeness (QED) is 0.711. The molecule has 122 valence electrons. The summed E-state index contributed by atoms with van der Waals surface area (Å²) in [7, 11) is 0. The van der Waals surface area contributed by atoms with Crippen LogP contribution in [0.5, 0.6) is 0 Å². The van der Waals surface area contributed by atoms with Gasteiger partial charge in [-0.25, -0.2) is 0 Å². The van der Waals surface area contributed by atoms with Crippen LogP contribution < -0.4 is 0 Å². The monoisotopic (exact) mass is 323 g/mol. The molecule has 4 rings (SSSR count). The first-order valence-corrected chi connectivity index (χ1v) is 7.89. The third-order valence-corrected chi connectivity index (χ3v) is 4.13. The summed E-state index contributed by atoms with van der Waals surface area (Å²) in [5.41, 5.74) is 1.15. The van der Waals surface area contributed by atoms with E-state index in [1.807, 2.05) is 30.3 Å². The standard InChI is InChI=1S/C17H17N5O2/c23-16(12-22-8-4-7-18-22)21-10-14(11-21)17-19-15(20-24-17)9-13-5-2-1-3-6-13/h1-8,14H,9-12H2. The summed E-state index contributed by atoms with van der Waals surface area (Å²) in [5, 5.41) is 8.09. The SMILES string of the molecule is O=C(Cn1cccn1)N1CC(c2nc(Cc3ccccc3)no2)C1. The molecule has 0 aliphatic carbocycles. The van der Waals surface area contributed by atoms with Gasteiger partial charge in [-0.1, -0.05) is 35.5 Å². The Hall–Kier alpha value is -2.96. The first-order chi connectivity index (χ1) is 11.8. The van der Waals surface area contributed by atoms with Gasteiger partial charge in [-0.15, -0.1) is 0 Å². The Balaban J connectivity index is 1.31. The fraction of sp³-hybridized carbons (Fsp3) is 0.294. The fourth-order valence-electron chi connectivity index (χ4n) is 2.75. The largest absolute Gasteiger partial charge is 0.339 e. The Bertz CT molecular complexity index is 807. The van der Waals surface area contributed by atoms with Gasteiger partial charge in [-0.05, 0) is 11.6 Å². The van der Waals surface area contributed by atoms with Crippen LogP contribution in [0.1, 0.15) is 23.2 Å². The molecule has 7 heteroatoms. The van der Waals surface area contributed by atoms with E-state index >= 15 is 0 Å². The predicted molar refractivity (Wildman–Crippen MR) is 85.1 cm³/mol. The number of aromatic nitrogens is 4. The topological polar surface area (TPSA) is 77.1 Å². The average Bonchev–Trinajstić information content (AvgIpc) is 3.19. The first kappa shape index (κ1) is 14.6. The van der Waals surface area contributed by atoms with Gasteiger partial charge in [-0.2, -0.15) is 10.1 Å². The molecule has 0 N–H and O–H groups in total. The number of likely N-dealkylation sites (tertiary alicyclic amines) is 1. The Kier molecular flexibility index (Phi) is 3.82. The van der Waals surface area contributed by atoms with E-state index in [-0.39, 0.29) is 18.4 Å². The van der Waals surface area contributed by atoms with Crippen LogP contribution in [-0.4, -0.2) is 43.8 Å². The van der Waals surface area contributed by atoms with E-state index in [1.54, 1.807) is 28.0 Å². The van der Waals surface area contributed by atoms with Crippen molar-refractivity contribution in [3.8, 4) is 0 Å². The van der Waals surface area contributed by atoms with Gasteiger partial charge in [0.25, 0.3) is 0 Å². The van der Waals surface area contributed by atoms with Gasteiger partial charge in [0.1, 0.15) is 6.54 Å². The van der Waals surface area contributed by atoms with Crippen LogP contribution in [0.15, 0.2) is 53.3 Å². The molecule has 1 saturated heterocycles. The van der Waals surface area contributed by atoms with E-state index < -0.39 is 0 Å². The Morgan fingerprint density at radius 2 is 2.04 bits per heavy atom. The Morgan fingerprint density at radius 1 is 1.21 bits per heavy atom. The van der Waals surface area contributed by atoms with Gasteiger partial charge in [-0.3, -0.25) is 9.48 Å². The third kappa shape index (κ3) is 3.05. The van der Waals surface area contributed by atoms with E-state index in [4.69, 9.17) is 4.52 Å². The summed E-state index contributed by atoms with van der Waals surface area (Å²) < 4.78 is 6.98. The molecule has 1 amide bonds. The van der Waals surface area contributed by atoms with Crippen molar-refractivity contribution in [3.05, 3.63) is 66.1 Å². The molecular weight excluding hydrogens is 306 g/mol. The zero-order valence-corrected chi connectivity index (χ0v) is 13.1. The number of nitrogens with zero attached hydrogens (tertiary/aromatic N) is 5. The molecule has 24 heavy (non-hydrogen) atoms. The second kappa shape index (κ2) is 6.27. The summed E-state index contributed by atoms with van der Waals surface area (Å²) >= 11 is 0. The molecule has 0 radical (unpaired) electrons. The van der Waals surface area contributed by atoms with Gasteiger partial charge in [0, 0.05) is 31.9 Å². The van der Waals surface area contributed by atoms with Crippen LogP contribution in [0.3, 0.4) is 0 Å². The number of carbonyl (C=O) groups excluding carboxylic acids is 1. The number of amides is 1. The molecule has 0 saturated carbocycles. The molecule has 0 bridgehead atoms. The van der Waals surface area contributed by atoms with Crippen LogP contribution in [0, 0.1) is 0 Å². The molecule has 0 atom stereocenters. The maximum Gasteiger partial charge on any atom is 0.244 e. The van der Waals surface area contributed by atoms with Gasteiger partial charge in [0.2, 0.25) is 11.8 Å². The molecule has 7 nitrogen and oxygen atoms in total. The molecule has 3 heterocycles. The van der Waals surface area contributed by atoms with Crippen molar-refractivity contribution in [1.82, 2.24) is 24.8 Å². The van der Waals surface area contributed by atoms with Gasteiger partial charge in [0.15, 0.2) is 5.82 Å². The van der Waals surface area contributed by atoms with Crippen molar-refractivity contribution >= 4 is 5.91 Å². The molecule has 1 aromatic carbocycles. The van der Waals surface area contributed by atoms with Crippen molar-refractivity contribution in [2.24, 2.45) is 0 Å². The molecule has 0 unspecified atom stereocenters. The molecular formula is C17H17N5O2. The highest BCUT2D eigenvalue weighted by molar-refractivity contribution is 5.77. The minimum atomic E-state index is 0.0546. The number of hydrogen-bond acceptors (Lipinski definition) is 5. The predicted octanol–water partition coefficient (Wildman–Crippen LogP) is 1.48. The lowest BCUT2D eigenvalue weighted by molar-refractivity contribution is -0.136. The Morgan fingerprint density at radius 3 is 2.79 bits per heavy atom. The summed E-state index contributed by atoms with van der Waals surface area (Å²) in [5.74, 6) is 1.48. The lowest BCUT2D eigenvalue weighted by atomic mass is 10.00. The average molecular weight is 323 g/mol. The van der Waals surface area contributed by atoms with E-state index in [9.17, 15) is 4.79 Å². The summed E-state index contributed by atoms with van der Waals surface area (Å²) in [4.78, 5) is 18.4. The first-order valence-electron chi connectivity index (χ1n) is 7.89. The zero-order valence-electron chi connectivity index (χ0n) is 13.1. The highest BCUT2D eigenvalue weighted by Crippen LogP contribution is 2.26. The van der Waals surface area contributed by atoms with Crippen molar-refractivity contribution in [3.63, 3.8) is 0 Å². The van der Waals surface area contributed by atoms with Crippen LogP contribution in [-0.2, 0) is 17.8 Å². The van der Waals surface area contributed by atoms with Crippen molar-refractivity contribution in [1.29, 1.82) is 0 Å². The van der Waals surface area contributed by atoms with E-state index in [0.717, 1.165) is 5.56 Å². The second-order valence-electron chi connectivity index (χ2n) is 5.91. The summed E-state index contributed by atoms with van der Waals surface area (Å²) in [6.07, 6.45) is 4.10. The smallest absolute Gasteiger partial charge is 0.244 e. The van der Waals surface area contributed by atoms with Gasteiger partial charge >= 0.3 is 0 Å². The van der Waals surface area contributed by atoms with Crippen molar-refractivity contribution in [2.45, 2.75) is 18.9 Å². The van der Waals surface area contributed by atoms with Crippen LogP contribution in [0.25, 0.3) is 0 Å². The summed E-state index contributed by atoms with van der Waals surface area (Å²) in [6.45, 7) is 1.50. The van der Waals surface area contributed by atoms with Crippen molar-refractivity contribution < 1.29 is 9.32 Å². The molecule has 2 aromatic heterocycles. The second-order valence-corrected chi connectivity index (χ2v) is 5.91. The third-order valence-electron chi connectivity index (χ3n) is 4.13.